The number of amides is 2. The van der Waals surface area contributed by atoms with Crippen LogP contribution in [0.3, 0.4) is 0 Å². The van der Waals surface area contributed by atoms with Crippen LogP contribution in [0.25, 0.3) is 21.6 Å². The summed E-state index contributed by atoms with van der Waals surface area (Å²) in [6, 6.07) is 5.66. The number of hydrogen-bond acceptors (Lipinski definition) is 9. The van der Waals surface area contributed by atoms with Crippen molar-refractivity contribution in [1.82, 2.24) is 20.2 Å². The lowest BCUT2D eigenvalue weighted by Crippen LogP contribution is -2.53. The van der Waals surface area contributed by atoms with Crippen molar-refractivity contribution in [1.29, 1.82) is 0 Å². The number of methoxy groups -OCH3 is 2. The van der Waals surface area contributed by atoms with E-state index in [0.717, 1.165) is 30.2 Å². The molecule has 1 unspecified atom stereocenters. The maximum atomic E-state index is 14.1. The number of fused-ring (bicyclic) bond motifs is 3. The highest BCUT2D eigenvalue weighted by molar-refractivity contribution is 7.13. The minimum atomic E-state index is -1.11. The molecule has 2 amide bonds. The van der Waals surface area contributed by atoms with Crippen LogP contribution in [-0.4, -0.2) is 72.1 Å². The number of allylic oxidation sites excluding steroid dienone is 1. The van der Waals surface area contributed by atoms with Gasteiger partial charge >= 0.3 is 5.97 Å². The summed E-state index contributed by atoms with van der Waals surface area (Å²) < 4.78 is 17.5. The second kappa shape index (κ2) is 13.4. The molecular formula is C36H40N4O6S. The van der Waals surface area contributed by atoms with Gasteiger partial charge in [0.1, 0.15) is 33.4 Å². The molecule has 6 rings (SSSR count). The summed E-state index contributed by atoms with van der Waals surface area (Å²) in [5.41, 5.74) is 1.60. The molecule has 1 aliphatic heterocycles. The van der Waals surface area contributed by atoms with Crippen molar-refractivity contribution >= 4 is 40.0 Å². The third kappa shape index (κ3) is 6.31. The Morgan fingerprint density at radius 2 is 1.98 bits per heavy atom. The third-order valence-electron chi connectivity index (χ3n) is 9.76. The fraction of sp³-hybridized carbons (Fsp3) is 0.472. The van der Waals surface area contributed by atoms with Crippen molar-refractivity contribution in [2.75, 3.05) is 27.8 Å². The Balaban J connectivity index is 1.34. The van der Waals surface area contributed by atoms with Crippen LogP contribution in [-0.2, 0) is 19.1 Å². The molecule has 47 heavy (non-hydrogen) atoms. The van der Waals surface area contributed by atoms with E-state index in [4.69, 9.17) is 25.6 Å². The Labute approximate surface area is 278 Å². The number of nitrogens with zero attached hydrogens (tertiary/aromatic N) is 3. The van der Waals surface area contributed by atoms with Crippen LogP contribution in [0.5, 0.6) is 11.5 Å². The molecule has 0 bridgehead atoms. The standard InChI is InChI=1S/C36H40N4O6S/c1-6-23-20-47-33(37-23)28-18-30(26-14-15-29(44-4)21(2)31(26)38-28)46-24-12-13-25-27(17-24)32(41)39-36(35(43)45-5)19-22(36)11-9-7-8-10-16-40(3)34(25)42/h1,9,11,14-15,18,20,22,24-25,27H,7-8,10,12-13,16-17,19H2,2-5H3,(H,39,41)/b11-9-/t22?,24-,25+,27+,36+/m0/s1. The van der Waals surface area contributed by atoms with Gasteiger partial charge in [0, 0.05) is 47.8 Å². The zero-order valence-corrected chi connectivity index (χ0v) is 28.0. The molecular weight excluding hydrogens is 616 g/mol. The first-order valence-electron chi connectivity index (χ1n) is 16.1. The van der Waals surface area contributed by atoms with Crippen molar-refractivity contribution in [2.24, 2.45) is 17.8 Å². The second-order valence-corrected chi connectivity index (χ2v) is 13.5. The van der Waals surface area contributed by atoms with Gasteiger partial charge in [0.25, 0.3) is 0 Å². The largest absolute Gasteiger partial charge is 0.496 e. The average molecular weight is 657 g/mol. The number of ether oxygens (including phenoxy) is 3. The molecule has 1 N–H and O–H groups in total. The number of terminal acetylenes is 1. The summed E-state index contributed by atoms with van der Waals surface area (Å²) in [6.07, 6.45) is 13.8. The minimum Gasteiger partial charge on any atom is -0.496 e. The van der Waals surface area contributed by atoms with Gasteiger partial charge in [-0.1, -0.05) is 12.2 Å². The van der Waals surface area contributed by atoms with Gasteiger partial charge in [0.2, 0.25) is 11.8 Å². The van der Waals surface area contributed by atoms with E-state index in [0.29, 0.717) is 65.6 Å². The summed E-state index contributed by atoms with van der Waals surface area (Å²) in [5.74, 6) is 1.66. The number of hydrogen-bond donors (Lipinski definition) is 1. The fourth-order valence-electron chi connectivity index (χ4n) is 6.98. The van der Waals surface area contributed by atoms with Gasteiger partial charge in [0.05, 0.1) is 31.8 Å². The maximum absolute atomic E-state index is 14.1. The first-order valence-corrected chi connectivity index (χ1v) is 17.0. The van der Waals surface area contributed by atoms with Crippen LogP contribution in [0, 0.1) is 37.0 Å². The lowest BCUT2D eigenvalue weighted by atomic mass is 9.76. The third-order valence-corrected chi connectivity index (χ3v) is 10.6. The van der Waals surface area contributed by atoms with E-state index < -0.39 is 23.3 Å². The number of thiazole rings is 1. The van der Waals surface area contributed by atoms with Gasteiger partial charge in [0.15, 0.2) is 0 Å². The van der Waals surface area contributed by atoms with Crippen molar-refractivity contribution in [2.45, 2.75) is 63.5 Å². The Morgan fingerprint density at radius 3 is 2.72 bits per heavy atom. The lowest BCUT2D eigenvalue weighted by Gasteiger charge is -2.37. The van der Waals surface area contributed by atoms with E-state index >= 15 is 0 Å². The Hall–Kier alpha value is -4.43. The van der Waals surface area contributed by atoms with Gasteiger partial charge in [-0.05, 0) is 69.9 Å². The first-order chi connectivity index (χ1) is 22.7. The molecule has 1 aromatic carbocycles. The predicted molar refractivity (Wildman–Crippen MR) is 179 cm³/mol. The molecule has 2 saturated carbocycles. The first kappa shape index (κ1) is 32.5. The molecule has 3 aromatic rings. The van der Waals surface area contributed by atoms with Crippen LogP contribution in [0.1, 0.15) is 56.2 Å². The second-order valence-electron chi connectivity index (χ2n) is 12.7. The van der Waals surface area contributed by atoms with Gasteiger partial charge < -0.3 is 24.4 Å². The number of aromatic nitrogens is 2. The van der Waals surface area contributed by atoms with Crippen molar-refractivity contribution in [3.05, 3.63) is 47.0 Å². The molecule has 3 aliphatic rings. The van der Waals surface area contributed by atoms with Crippen molar-refractivity contribution in [3.63, 3.8) is 0 Å². The summed E-state index contributed by atoms with van der Waals surface area (Å²) in [6.45, 7) is 2.57. The van der Waals surface area contributed by atoms with E-state index in [9.17, 15) is 14.4 Å². The Morgan fingerprint density at radius 1 is 1.15 bits per heavy atom. The number of nitrogens with one attached hydrogen (secondary N) is 1. The molecule has 11 heteroatoms. The molecule has 3 heterocycles. The van der Waals surface area contributed by atoms with Crippen LogP contribution < -0.4 is 14.8 Å². The van der Waals surface area contributed by atoms with E-state index in [1.165, 1.54) is 18.4 Å². The zero-order valence-electron chi connectivity index (χ0n) is 27.2. The monoisotopic (exact) mass is 656 g/mol. The van der Waals surface area contributed by atoms with Crippen LogP contribution in [0.2, 0.25) is 0 Å². The summed E-state index contributed by atoms with van der Waals surface area (Å²) in [4.78, 5) is 52.1. The number of esters is 1. The number of rotatable bonds is 5. The number of aryl methyl sites for hydroxylation is 1. The smallest absolute Gasteiger partial charge is 0.332 e. The number of carbonyl (C=O) groups excluding carboxylic acids is 3. The quantitative estimate of drug-likeness (QED) is 0.230. The topological polar surface area (TPSA) is 120 Å². The van der Waals surface area contributed by atoms with Gasteiger partial charge in [-0.25, -0.2) is 14.8 Å². The van der Waals surface area contributed by atoms with Crippen LogP contribution >= 0.6 is 11.3 Å². The summed E-state index contributed by atoms with van der Waals surface area (Å²) in [7, 11) is 4.76. The molecule has 0 spiro atoms. The average Bonchev–Trinajstić information content (AvgIpc) is 3.55. The van der Waals surface area contributed by atoms with Gasteiger partial charge in [-0.3, -0.25) is 9.59 Å². The lowest BCUT2D eigenvalue weighted by molar-refractivity contribution is -0.149. The highest BCUT2D eigenvalue weighted by Crippen LogP contribution is 2.47. The number of benzene rings is 1. The molecule has 5 atom stereocenters. The van der Waals surface area contributed by atoms with E-state index in [1.54, 1.807) is 19.1 Å². The van der Waals surface area contributed by atoms with Crippen molar-refractivity contribution in [3.8, 4) is 34.5 Å². The van der Waals surface area contributed by atoms with E-state index in [1.807, 2.05) is 36.6 Å². The maximum Gasteiger partial charge on any atom is 0.332 e. The molecule has 0 saturated heterocycles. The van der Waals surface area contributed by atoms with Gasteiger partial charge in [-0.15, -0.1) is 17.8 Å². The zero-order chi connectivity index (χ0) is 33.3. The van der Waals surface area contributed by atoms with E-state index in [-0.39, 0.29) is 23.8 Å². The van der Waals surface area contributed by atoms with Crippen molar-refractivity contribution < 1.29 is 28.6 Å². The molecule has 2 fully saturated rings. The summed E-state index contributed by atoms with van der Waals surface area (Å²) in [5, 5.41) is 6.31. The fourth-order valence-corrected chi connectivity index (χ4v) is 7.70. The minimum absolute atomic E-state index is 0.0527. The molecule has 10 nitrogen and oxygen atoms in total. The normalized spacial score (nSPS) is 27.0. The SMILES string of the molecule is C#Cc1csc(-c2cc(O[C@H]3CC[C@H]4C(=O)N(C)CCCC/C=C\C5C[C@@]5(C(=O)OC)NC(=O)[C@@H]4C3)c3ccc(OC)c(C)c3n2)n1. The van der Waals surface area contributed by atoms with Gasteiger partial charge in [-0.2, -0.15) is 0 Å². The molecule has 2 aromatic heterocycles. The highest BCUT2D eigenvalue weighted by Gasteiger charge is 2.62. The number of pyridine rings is 1. The predicted octanol–water partition coefficient (Wildman–Crippen LogP) is 5.07. The summed E-state index contributed by atoms with van der Waals surface area (Å²) >= 11 is 1.40. The molecule has 246 valence electrons. The van der Waals surface area contributed by atoms with Crippen LogP contribution in [0.15, 0.2) is 35.7 Å². The van der Waals surface area contributed by atoms with Crippen LogP contribution in [0.4, 0.5) is 0 Å². The Kier molecular flexibility index (Phi) is 9.24. The Bertz CT molecular complexity index is 1780. The highest BCUT2D eigenvalue weighted by atomic mass is 32.1. The van der Waals surface area contributed by atoms with E-state index in [2.05, 4.69) is 22.3 Å². The molecule has 0 radical (unpaired) electrons. The number of carbonyl (C=O) groups is 3. The molecule has 2 aliphatic carbocycles.